The Labute approximate surface area is 144 Å². The highest BCUT2D eigenvalue weighted by atomic mass is 35.5. The molecular formula is C15H9ClN2O5S. The molecule has 0 atom stereocenters. The van der Waals surface area contributed by atoms with E-state index in [1.807, 2.05) is 17.5 Å². The molecule has 122 valence electrons. The van der Waals surface area contributed by atoms with Gasteiger partial charge < -0.3 is 9.15 Å². The van der Waals surface area contributed by atoms with Crippen LogP contribution in [0.1, 0.15) is 16.1 Å². The molecule has 1 aromatic carbocycles. The van der Waals surface area contributed by atoms with E-state index in [4.69, 9.17) is 20.8 Å². The van der Waals surface area contributed by atoms with Gasteiger partial charge in [-0.3, -0.25) is 10.1 Å². The van der Waals surface area contributed by atoms with E-state index in [0.717, 1.165) is 10.9 Å². The van der Waals surface area contributed by atoms with Crippen molar-refractivity contribution >= 4 is 34.6 Å². The number of nitro groups is 1. The fraction of sp³-hybridized carbons (Fsp3) is 0.0667. The molecule has 3 aromatic rings. The van der Waals surface area contributed by atoms with Crippen LogP contribution >= 0.6 is 22.9 Å². The monoisotopic (exact) mass is 364 g/mol. The van der Waals surface area contributed by atoms with Crippen LogP contribution in [0.2, 0.25) is 5.02 Å². The molecule has 0 unspecified atom stereocenters. The van der Waals surface area contributed by atoms with Gasteiger partial charge in [-0.05, 0) is 17.5 Å². The van der Waals surface area contributed by atoms with Gasteiger partial charge in [0.2, 0.25) is 5.89 Å². The SMILES string of the molecule is O=C(OCc1coc(-c2cccs2)n1)c1ccc([N+](=O)[O-])cc1Cl. The Hall–Kier alpha value is -2.71. The fourth-order valence-corrected chi connectivity index (χ4v) is 2.79. The van der Waals surface area contributed by atoms with Crippen molar-refractivity contribution in [2.24, 2.45) is 0 Å². The third-order valence-corrected chi connectivity index (χ3v) is 4.19. The molecule has 2 aromatic heterocycles. The molecule has 0 amide bonds. The van der Waals surface area contributed by atoms with Gasteiger partial charge in [0.15, 0.2) is 0 Å². The van der Waals surface area contributed by atoms with E-state index < -0.39 is 10.9 Å². The molecule has 2 heterocycles. The molecule has 0 saturated heterocycles. The highest BCUT2D eigenvalue weighted by molar-refractivity contribution is 7.13. The number of oxazole rings is 1. The lowest BCUT2D eigenvalue weighted by Crippen LogP contribution is -2.06. The normalized spacial score (nSPS) is 10.5. The lowest BCUT2D eigenvalue weighted by Gasteiger charge is -2.04. The number of carbonyl (C=O) groups excluding carboxylic acids is 1. The maximum absolute atomic E-state index is 12.0. The number of hydrogen-bond donors (Lipinski definition) is 0. The number of thiophene rings is 1. The molecule has 9 heteroatoms. The molecule has 0 radical (unpaired) electrons. The van der Waals surface area contributed by atoms with Gasteiger partial charge in [0.25, 0.3) is 5.69 Å². The minimum absolute atomic E-state index is 0.0456. The third kappa shape index (κ3) is 3.44. The number of aromatic nitrogens is 1. The van der Waals surface area contributed by atoms with Gasteiger partial charge in [-0.25, -0.2) is 9.78 Å². The molecule has 0 saturated carbocycles. The lowest BCUT2D eigenvalue weighted by atomic mass is 10.2. The zero-order valence-electron chi connectivity index (χ0n) is 12.0. The predicted octanol–water partition coefficient (Wildman–Crippen LogP) is 4.32. The Kier molecular flexibility index (Phi) is 4.59. The average Bonchev–Trinajstić information content (AvgIpc) is 3.23. The molecule has 0 aliphatic rings. The van der Waals surface area contributed by atoms with Crippen LogP contribution in [0.5, 0.6) is 0 Å². The number of nitrogens with zero attached hydrogens (tertiary/aromatic N) is 2. The maximum Gasteiger partial charge on any atom is 0.340 e. The molecule has 0 spiro atoms. The molecule has 7 nitrogen and oxygen atoms in total. The second kappa shape index (κ2) is 6.81. The summed E-state index contributed by atoms with van der Waals surface area (Å²) in [6.45, 7) is -0.0962. The van der Waals surface area contributed by atoms with Gasteiger partial charge in [0.1, 0.15) is 18.6 Å². The Morgan fingerprint density at radius 2 is 2.25 bits per heavy atom. The molecule has 0 aliphatic heterocycles. The van der Waals surface area contributed by atoms with E-state index in [9.17, 15) is 14.9 Å². The molecule has 0 aliphatic carbocycles. The Bertz CT molecular complexity index is 891. The van der Waals surface area contributed by atoms with Crippen molar-refractivity contribution in [2.75, 3.05) is 0 Å². The highest BCUT2D eigenvalue weighted by Crippen LogP contribution is 2.25. The van der Waals surface area contributed by atoms with Crippen molar-refractivity contribution in [3.63, 3.8) is 0 Å². The number of hydrogen-bond acceptors (Lipinski definition) is 7. The van der Waals surface area contributed by atoms with Gasteiger partial charge >= 0.3 is 5.97 Å². The topological polar surface area (TPSA) is 95.5 Å². The van der Waals surface area contributed by atoms with Gasteiger partial charge in [0, 0.05) is 12.1 Å². The lowest BCUT2D eigenvalue weighted by molar-refractivity contribution is -0.384. The highest BCUT2D eigenvalue weighted by Gasteiger charge is 2.17. The van der Waals surface area contributed by atoms with Crippen molar-refractivity contribution in [1.82, 2.24) is 4.98 Å². The molecule has 24 heavy (non-hydrogen) atoms. The van der Waals surface area contributed by atoms with E-state index in [0.29, 0.717) is 11.6 Å². The Morgan fingerprint density at radius 3 is 2.92 bits per heavy atom. The first-order chi connectivity index (χ1) is 11.5. The summed E-state index contributed by atoms with van der Waals surface area (Å²) in [5.41, 5.74) is 0.294. The van der Waals surface area contributed by atoms with Crippen molar-refractivity contribution in [3.8, 4) is 10.8 Å². The first kappa shape index (κ1) is 16.2. The summed E-state index contributed by atoms with van der Waals surface area (Å²) < 4.78 is 10.4. The molecular weight excluding hydrogens is 356 g/mol. The van der Waals surface area contributed by atoms with E-state index in [1.54, 1.807) is 0 Å². The number of benzene rings is 1. The summed E-state index contributed by atoms with van der Waals surface area (Å²) >= 11 is 7.36. The van der Waals surface area contributed by atoms with E-state index in [-0.39, 0.29) is 22.9 Å². The predicted molar refractivity (Wildman–Crippen MR) is 87.0 cm³/mol. The summed E-state index contributed by atoms with van der Waals surface area (Å²) in [5.74, 6) is -0.250. The minimum atomic E-state index is -0.699. The zero-order valence-corrected chi connectivity index (χ0v) is 13.5. The average molecular weight is 365 g/mol. The van der Waals surface area contributed by atoms with E-state index in [1.165, 1.54) is 29.7 Å². The van der Waals surface area contributed by atoms with E-state index >= 15 is 0 Å². The fourth-order valence-electron chi connectivity index (χ4n) is 1.89. The number of ether oxygens (including phenoxy) is 1. The zero-order chi connectivity index (χ0) is 17.1. The van der Waals surface area contributed by atoms with Gasteiger partial charge in [-0.2, -0.15) is 0 Å². The van der Waals surface area contributed by atoms with E-state index in [2.05, 4.69) is 4.98 Å². The Morgan fingerprint density at radius 1 is 1.42 bits per heavy atom. The van der Waals surface area contributed by atoms with Crippen molar-refractivity contribution in [3.05, 3.63) is 68.4 Å². The number of carbonyl (C=O) groups is 1. The third-order valence-electron chi connectivity index (χ3n) is 3.02. The van der Waals surface area contributed by atoms with Crippen LogP contribution in [-0.4, -0.2) is 15.9 Å². The maximum atomic E-state index is 12.0. The second-order valence-corrected chi connectivity index (χ2v) is 5.97. The summed E-state index contributed by atoms with van der Waals surface area (Å²) in [5, 5.41) is 12.5. The number of esters is 1. The molecule has 0 bridgehead atoms. The quantitative estimate of drug-likeness (QED) is 0.380. The summed E-state index contributed by atoms with van der Waals surface area (Å²) in [7, 11) is 0. The van der Waals surface area contributed by atoms with Crippen molar-refractivity contribution in [2.45, 2.75) is 6.61 Å². The van der Waals surface area contributed by atoms with Crippen molar-refractivity contribution in [1.29, 1.82) is 0 Å². The summed E-state index contributed by atoms with van der Waals surface area (Å²) in [6, 6.07) is 7.28. The molecule has 0 N–H and O–H groups in total. The first-order valence-corrected chi connectivity index (χ1v) is 7.89. The summed E-state index contributed by atoms with van der Waals surface area (Å²) in [6.07, 6.45) is 1.40. The minimum Gasteiger partial charge on any atom is -0.455 e. The summed E-state index contributed by atoms with van der Waals surface area (Å²) in [4.78, 5) is 27.2. The molecule has 3 rings (SSSR count). The van der Waals surface area contributed by atoms with Crippen LogP contribution in [-0.2, 0) is 11.3 Å². The van der Waals surface area contributed by atoms with Crippen molar-refractivity contribution < 1.29 is 18.9 Å². The second-order valence-electron chi connectivity index (χ2n) is 4.62. The number of nitro benzene ring substituents is 1. The van der Waals surface area contributed by atoms with Gasteiger partial charge in [-0.1, -0.05) is 17.7 Å². The number of halogens is 1. The van der Waals surface area contributed by atoms with Crippen LogP contribution in [0.3, 0.4) is 0 Å². The van der Waals surface area contributed by atoms with Crippen LogP contribution in [0.4, 0.5) is 5.69 Å². The van der Waals surface area contributed by atoms with Crippen LogP contribution in [0, 0.1) is 10.1 Å². The van der Waals surface area contributed by atoms with Gasteiger partial charge in [0.05, 0.1) is 20.4 Å². The van der Waals surface area contributed by atoms with Crippen LogP contribution in [0.25, 0.3) is 10.8 Å². The Balaban J connectivity index is 1.66. The number of rotatable bonds is 5. The van der Waals surface area contributed by atoms with Gasteiger partial charge in [-0.15, -0.1) is 11.3 Å². The largest absolute Gasteiger partial charge is 0.455 e. The van der Waals surface area contributed by atoms with Crippen LogP contribution in [0.15, 0.2) is 46.4 Å². The smallest absolute Gasteiger partial charge is 0.340 e. The number of non-ortho nitro benzene ring substituents is 1. The standard InChI is InChI=1S/C15H9ClN2O5S/c16-12-6-10(18(20)21)3-4-11(12)15(19)23-8-9-7-22-14(17-9)13-2-1-5-24-13/h1-7H,8H2. The molecule has 0 fully saturated rings. The van der Waals surface area contributed by atoms with Crippen LogP contribution < -0.4 is 0 Å². The first-order valence-electron chi connectivity index (χ1n) is 6.64.